The monoisotopic (exact) mass is 291 g/mol. The predicted octanol–water partition coefficient (Wildman–Crippen LogP) is 2.14. The van der Waals surface area contributed by atoms with E-state index in [1.165, 1.54) is 4.90 Å². The summed E-state index contributed by atoms with van der Waals surface area (Å²) in [6.07, 6.45) is 5.41. The number of hydrogen-bond donors (Lipinski definition) is 2. The van der Waals surface area contributed by atoms with Crippen LogP contribution in [0.15, 0.2) is 18.3 Å². The Balaban J connectivity index is 1.97. The van der Waals surface area contributed by atoms with E-state index in [1.807, 2.05) is 6.07 Å². The fraction of sp³-hybridized carbons (Fsp3) is 0.625. The van der Waals surface area contributed by atoms with E-state index in [0.29, 0.717) is 18.2 Å². The van der Waals surface area contributed by atoms with Crippen molar-refractivity contribution in [2.75, 3.05) is 26.0 Å². The van der Waals surface area contributed by atoms with Crippen molar-refractivity contribution >= 4 is 11.6 Å². The molecule has 0 bridgehead atoms. The Kier molecular flexibility index (Phi) is 4.83. The Hall–Kier alpha value is -1.62. The van der Waals surface area contributed by atoms with E-state index in [4.69, 9.17) is 0 Å². The zero-order chi connectivity index (χ0) is 15.5. The van der Waals surface area contributed by atoms with Gasteiger partial charge in [0.1, 0.15) is 5.69 Å². The lowest BCUT2D eigenvalue weighted by atomic mass is 9.79. The number of nitrogens with zero attached hydrogens (tertiary/aromatic N) is 2. The smallest absolute Gasteiger partial charge is 0.272 e. The van der Waals surface area contributed by atoms with E-state index in [-0.39, 0.29) is 5.91 Å². The SMILES string of the molecule is CC1CCC(O)(CNc2ccnc(C(=O)N(C)C)c2)CC1. The summed E-state index contributed by atoms with van der Waals surface area (Å²) < 4.78 is 0. The Labute approximate surface area is 126 Å². The van der Waals surface area contributed by atoms with Crippen LogP contribution in [0.4, 0.5) is 5.69 Å². The second-order valence-electron chi connectivity index (χ2n) is 6.39. The number of amides is 1. The average Bonchev–Trinajstić information content (AvgIpc) is 2.48. The van der Waals surface area contributed by atoms with Gasteiger partial charge >= 0.3 is 0 Å². The third kappa shape index (κ3) is 4.17. The predicted molar refractivity (Wildman–Crippen MR) is 83.3 cm³/mol. The highest BCUT2D eigenvalue weighted by atomic mass is 16.3. The van der Waals surface area contributed by atoms with Gasteiger partial charge in [-0.3, -0.25) is 9.78 Å². The summed E-state index contributed by atoms with van der Waals surface area (Å²) >= 11 is 0. The minimum atomic E-state index is -0.637. The molecular formula is C16H25N3O2. The first-order valence-corrected chi connectivity index (χ1v) is 7.53. The van der Waals surface area contributed by atoms with E-state index in [2.05, 4.69) is 17.2 Å². The summed E-state index contributed by atoms with van der Waals surface area (Å²) in [6.45, 7) is 2.74. The van der Waals surface area contributed by atoms with Gasteiger partial charge in [-0.25, -0.2) is 0 Å². The third-order valence-electron chi connectivity index (χ3n) is 4.21. The van der Waals surface area contributed by atoms with Crippen LogP contribution in [0.25, 0.3) is 0 Å². The molecule has 0 unspecified atom stereocenters. The van der Waals surface area contributed by atoms with E-state index in [1.54, 1.807) is 26.4 Å². The van der Waals surface area contributed by atoms with Crippen LogP contribution in [-0.2, 0) is 0 Å². The van der Waals surface area contributed by atoms with Crippen LogP contribution >= 0.6 is 0 Å². The number of hydrogen-bond acceptors (Lipinski definition) is 4. The first-order chi connectivity index (χ1) is 9.89. The number of pyridine rings is 1. The molecule has 2 N–H and O–H groups in total. The Bertz CT molecular complexity index is 494. The molecule has 0 radical (unpaired) electrons. The minimum Gasteiger partial charge on any atom is -0.388 e. The first kappa shape index (κ1) is 15.8. The summed E-state index contributed by atoms with van der Waals surface area (Å²) in [5.41, 5.74) is 0.595. The maximum atomic E-state index is 11.9. The van der Waals surface area contributed by atoms with Crippen molar-refractivity contribution in [3.63, 3.8) is 0 Å². The summed E-state index contributed by atoms with van der Waals surface area (Å²) in [7, 11) is 3.41. The van der Waals surface area contributed by atoms with Crippen LogP contribution in [0.3, 0.4) is 0 Å². The molecular weight excluding hydrogens is 266 g/mol. The summed E-state index contributed by atoms with van der Waals surface area (Å²) in [5, 5.41) is 13.8. The molecule has 116 valence electrons. The molecule has 1 saturated carbocycles. The third-order valence-corrected chi connectivity index (χ3v) is 4.21. The van der Waals surface area contributed by atoms with E-state index >= 15 is 0 Å². The zero-order valence-corrected chi connectivity index (χ0v) is 13.1. The Morgan fingerprint density at radius 2 is 2.14 bits per heavy atom. The molecule has 0 aliphatic heterocycles. The lowest BCUT2D eigenvalue weighted by molar-refractivity contribution is 0.00501. The molecule has 0 aromatic carbocycles. The van der Waals surface area contributed by atoms with Gasteiger partial charge in [0.15, 0.2) is 0 Å². The second-order valence-corrected chi connectivity index (χ2v) is 6.39. The highest BCUT2D eigenvalue weighted by Crippen LogP contribution is 2.31. The first-order valence-electron chi connectivity index (χ1n) is 7.53. The number of carbonyl (C=O) groups is 1. The van der Waals surface area contributed by atoms with Gasteiger partial charge in [0, 0.05) is 32.5 Å². The van der Waals surface area contributed by atoms with Gasteiger partial charge < -0.3 is 15.3 Å². The molecule has 1 fully saturated rings. The van der Waals surface area contributed by atoms with Crippen molar-refractivity contribution in [2.45, 2.75) is 38.2 Å². The van der Waals surface area contributed by atoms with Gasteiger partial charge in [-0.15, -0.1) is 0 Å². The van der Waals surface area contributed by atoms with Crippen molar-refractivity contribution in [3.8, 4) is 0 Å². The molecule has 1 aliphatic carbocycles. The van der Waals surface area contributed by atoms with Crippen LogP contribution in [0.5, 0.6) is 0 Å². The Morgan fingerprint density at radius 1 is 1.48 bits per heavy atom. The summed E-state index contributed by atoms with van der Waals surface area (Å²) in [4.78, 5) is 17.5. The van der Waals surface area contributed by atoms with Gasteiger partial charge in [0.05, 0.1) is 5.60 Å². The van der Waals surface area contributed by atoms with Crippen LogP contribution < -0.4 is 5.32 Å². The number of nitrogens with one attached hydrogen (secondary N) is 1. The lowest BCUT2D eigenvalue weighted by Gasteiger charge is -2.35. The van der Waals surface area contributed by atoms with Crippen molar-refractivity contribution in [2.24, 2.45) is 5.92 Å². The van der Waals surface area contributed by atoms with Gasteiger partial charge in [0.2, 0.25) is 0 Å². The standard InChI is InChI=1S/C16H25N3O2/c1-12-4-7-16(21,8-5-12)11-18-13-6-9-17-14(10-13)15(20)19(2)3/h6,9-10,12,21H,4-5,7-8,11H2,1-3H3,(H,17,18). The minimum absolute atomic E-state index is 0.121. The molecule has 0 spiro atoms. The largest absolute Gasteiger partial charge is 0.388 e. The van der Waals surface area contributed by atoms with Crippen molar-refractivity contribution < 1.29 is 9.90 Å². The van der Waals surface area contributed by atoms with Crippen molar-refractivity contribution in [3.05, 3.63) is 24.0 Å². The molecule has 0 saturated heterocycles. The second kappa shape index (κ2) is 6.43. The van der Waals surface area contributed by atoms with E-state index in [9.17, 15) is 9.90 Å². The van der Waals surface area contributed by atoms with Crippen molar-refractivity contribution in [1.29, 1.82) is 0 Å². The molecule has 5 nitrogen and oxygen atoms in total. The molecule has 0 atom stereocenters. The zero-order valence-electron chi connectivity index (χ0n) is 13.1. The Morgan fingerprint density at radius 3 is 2.76 bits per heavy atom. The van der Waals surface area contributed by atoms with Crippen LogP contribution in [-0.4, -0.2) is 47.1 Å². The maximum absolute atomic E-state index is 11.9. The molecule has 1 aliphatic rings. The van der Waals surface area contributed by atoms with Crippen LogP contribution in [0.1, 0.15) is 43.1 Å². The van der Waals surface area contributed by atoms with Gasteiger partial charge in [-0.1, -0.05) is 6.92 Å². The van der Waals surface area contributed by atoms with Crippen molar-refractivity contribution in [1.82, 2.24) is 9.88 Å². The number of aromatic nitrogens is 1. The molecule has 1 heterocycles. The maximum Gasteiger partial charge on any atom is 0.272 e. The lowest BCUT2D eigenvalue weighted by Crippen LogP contribution is -2.40. The normalized spacial score (nSPS) is 25.4. The number of anilines is 1. The van der Waals surface area contributed by atoms with E-state index in [0.717, 1.165) is 31.4 Å². The van der Waals surface area contributed by atoms with Gasteiger partial charge in [-0.2, -0.15) is 0 Å². The highest BCUT2D eigenvalue weighted by molar-refractivity contribution is 5.92. The number of aliphatic hydroxyl groups is 1. The highest BCUT2D eigenvalue weighted by Gasteiger charge is 2.31. The molecule has 1 amide bonds. The molecule has 1 aromatic rings. The quantitative estimate of drug-likeness (QED) is 0.892. The number of rotatable bonds is 4. The fourth-order valence-electron chi connectivity index (χ4n) is 2.63. The van der Waals surface area contributed by atoms with E-state index < -0.39 is 5.60 Å². The summed E-state index contributed by atoms with van der Waals surface area (Å²) in [5.74, 6) is 0.583. The summed E-state index contributed by atoms with van der Waals surface area (Å²) in [6, 6.07) is 3.55. The molecule has 5 heteroatoms. The van der Waals surface area contributed by atoms with Crippen LogP contribution in [0.2, 0.25) is 0 Å². The number of carbonyl (C=O) groups excluding carboxylic acids is 1. The van der Waals surface area contributed by atoms with Crippen LogP contribution in [0, 0.1) is 5.92 Å². The average molecular weight is 291 g/mol. The molecule has 1 aromatic heterocycles. The topological polar surface area (TPSA) is 65.5 Å². The molecule has 21 heavy (non-hydrogen) atoms. The van der Waals surface area contributed by atoms with Gasteiger partial charge in [0.25, 0.3) is 5.91 Å². The molecule has 2 rings (SSSR count). The fourth-order valence-corrected chi connectivity index (χ4v) is 2.63. The van der Waals surface area contributed by atoms with Gasteiger partial charge in [-0.05, 0) is 43.7 Å².